The molecule has 15 heavy (non-hydrogen) atoms. The van der Waals surface area contributed by atoms with E-state index in [4.69, 9.17) is 5.73 Å². The third kappa shape index (κ3) is 2.75. The molecule has 0 heterocycles. The second kappa shape index (κ2) is 4.27. The van der Waals surface area contributed by atoms with E-state index in [2.05, 4.69) is 0 Å². The van der Waals surface area contributed by atoms with E-state index in [0.717, 1.165) is 6.07 Å². The van der Waals surface area contributed by atoms with Gasteiger partial charge in [0.2, 0.25) is 0 Å². The molecule has 1 aromatic rings. The highest BCUT2D eigenvalue weighted by molar-refractivity contribution is 5.26. The molecule has 84 valence electrons. The van der Waals surface area contributed by atoms with Gasteiger partial charge in [0.1, 0.15) is 0 Å². The van der Waals surface area contributed by atoms with E-state index in [1.807, 2.05) is 20.8 Å². The molecule has 0 aliphatic carbocycles. The SMILES string of the molecule is CC(N)CC(C)(C)c1cccc(F)c1F. The van der Waals surface area contributed by atoms with Crippen molar-refractivity contribution >= 4 is 0 Å². The molecule has 0 bridgehead atoms. The quantitative estimate of drug-likeness (QED) is 0.820. The van der Waals surface area contributed by atoms with Gasteiger partial charge in [0.15, 0.2) is 11.6 Å². The average molecular weight is 213 g/mol. The highest BCUT2D eigenvalue weighted by Crippen LogP contribution is 2.30. The number of halogens is 2. The molecule has 1 rings (SSSR count). The molecule has 0 fully saturated rings. The molecule has 1 atom stereocenters. The third-order valence-corrected chi connectivity index (χ3v) is 2.51. The molecule has 0 aliphatic rings. The van der Waals surface area contributed by atoms with Gasteiger partial charge in [0.05, 0.1) is 0 Å². The lowest BCUT2D eigenvalue weighted by atomic mass is 9.79. The summed E-state index contributed by atoms with van der Waals surface area (Å²) in [5.41, 5.74) is 5.63. The summed E-state index contributed by atoms with van der Waals surface area (Å²) in [6.07, 6.45) is 0.618. The summed E-state index contributed by atoms with van der Waals surface area (Å²) in [6, 6.07) is 4.22. The first-order valence-electron chi connectivity index (χ1n) is 5.04. The summed E-state index contributed by atoms with van der Waals surface area (Å²) in [4.78, 5) is 0. The molecule has 1 nitrogen and oxygen atoms in total. The van der Waals surface area contributed by atoms with Crippen LogP contribution in [0.4, 0.5) is 8.78 Å². The van der Waals surface area contributed by atoms with Crippen LogP contribution in [-0.2, 0) is 5.41 Å². The summed E-state index contributed by atoms with van der Waals surface area (Å²) in [6.45, 7) is 5.60. The van der Waals surface area contributed by atoms with Crippen LogP contribution in [0.2, 0.25) is 0 Å². The molecule has 3 heteroatoms. The van der Waals surface area contributed by atoms with Crippen LogP contribution in [0.25, 0.3) is 0 Å². The smallest absolute Gasteiger partial charge is 0.162 e. The summed E-state index contributed by atoms with van der Waals surface area (Å²) in [5.74, 6) is -1.56. The average Bonchev–Trinajstić information content (AvgIpc) is 2.07. The molecule has 1 aromatic carbocycles. The molecule has 0 radical (unpaired) electrons. The first-order chi connectivity index (χ1) is 6.84. The van der Waals surface area contributed by atoms with Crippen LogP contribution in [0.3, 0.4) is 0 Å². The zero-order valence-corrected chi connectivity index (χ0v) is 9.35. The lowest BCUT2D eigenvalue weighted by molar-refractivity contribution is 0.402. The first-order valence-corrected chi connectivity index (χ1v) is 5.04. The lowest BCUT2D eigenvalue weighted by Gasteiger charge is -2.27. The van der Waals surface area contributed by atoms with Gasteiger partial charge in [-0.05, 0) is 30.4 Å². The first kappa shape index (κ1) is 12.1. The van der Waals surface area contributed by atoms with Crippen LogP contribution < -0.4 is 5.73 Å². The Morgan fingerprint density at radius 1 is 1.33 bits per heavy atom. The van der Waals surface area contributed by atoms with Gasteiger partial charge in [0.25, 0.3) is 0 Å². The van der Waals surface area contributed by atoms with Crippen molar-refractivity contribution in [3.8, 4) is 0 Å². The van der Waals surface area contributed by atoms with E-state index < -0.39 is 17.0 Å². The molecule has 0 aromatic heterocycles. The Morgan fingerprint density at radius 3 is 2.47 bits per heavy atom. The Balaban J connectivity index is 3.09. The highest BCUT2D eigenvalue weighted by atomic mass is 19.2. The van der Waals surface area contributed by atoms with E-state index in [0.29, 0.717) is 12.0 Å². The molecular formula is C12H17F2N. The van der Waals surface area contributed by atoms with E-state index in [1.54, 1.807) is 6.07 Å². The second-order valence-corrected chi connectivity index (χ2v) is 4.67. The Bertz CT molecular complexity index is 345. The maximum absolute atomic E-state index is 13.5. The predicted octanol–water partition coefficient (Wildman–Crippen LogP) is 2.98. The Labute approximate surface area is 89.3 Å². The molecule has 2 N–H and O–H groups in total. The summed E-state index contributed by atoms with van der Waals surface area (Å²) in [7, 11) is 0. The minimum Gasteiger partial charge on any atom is -0.328 e. The van der Waals surface area contributed by atoms with Crippen LogP contribution >= 0.6 is 0 Å². The molecular weight excluding hydrogens is 196 g/mol. The number of hydrogen-bond acceptors (Lipinski definition) is 1. The molecule has 0 saturated heterocycles. The fourth-order valence-corrected chi connectivity index (χ4v) is 1.94. The van der Waals surface area contributed by atoms with Gasteiger partial charge in [-0.3, -0.25) is 0 Å². The summed E-state index contributed by atoms with van der Waals surface area (Å²) in [5, 5.41) is 0. The van der Waals surface area contributed by atoms with Crippen molar-refractivity contribution in [3.63, 3.8) is 0 Å². The van der Waals surface area contributed by atoms with Crippen molar-refractivity contribution in [2.24, 2.45) is 5.73 Å². The maximum Gasteiger partial charge on any atom is 0.162 e. The van der Waals surface area contributed by atoms with Crippen LogP contribution in [0.5, 0.6) is 0 Å². The zero-order valence-electron chi connectivity index (χ0n) is 9.35. The fourth-order valence-electron chi connectivity index (χ4n) is 1.94. The van der Waals surface area contributed by atoms with Crippen LogP contribution in [0.1, 0.15) is 32.8 Å². The monoisotopic (exact) mass is 213 g/mol. The summed E-state index contributed by atoms with van der Waals surface area (Å²) < 4.78 is 26.6. The number of benzene rings is 1. The van der Waals surface area contributed by atoms with Gasteiger partial charge in [-0.15, -0.1) is 0 Å². The molecule has 0 saturated carbocycles. The highest BCUT2D eigenvalue weighted by Gasteiger charge is 2.26. The van der Waals surface area contributed by atoms with Crippen molar-refractivity contribution in [1.82, 2.24) is 0 Å². The van der Waals surface area contributed by atoms with E-state index in [-0.39, 0.29) is 6.04 Å². The molecule has 0 amide bonds. The minimum absolute atomic E-state index is 0.0392. The van der Waals surface area contributed by atoms with Crippen LogP contribution in [0, 0.1) is 11.6 Å². The number of nitrogens with two attached hydrogens (primary N) is 1. The van der Waals surface area contributed by atoms with Gasteiger partial charge in [-0.2, -0.15) is 0 Å². The maximum atomic E-state index is 13.5. The predicted molar refractivity (Wildman–Crippen MR) is 57.7 cm³/mol. The van der Waals surface area contributed by atoms with E-state index in [9.17, 15) is 8.78 Å². The number of hydrogen-bond donors (Lipinski definition) is 1. The van der Waals surface area contributed by atoms with Gasteiger partial charge >= 0.3 is 0 Å². The largest absolute Gasteiger partial charge is 0.328 e. The minimum atomic E-state index is -0.801. The topological polar surface area (TPSA) is 26.0 Å². The molecule has 0 aliphatic heterocycles. The Hall–Kier alpha value is -0.960. The van der Waals surface area contributed by atoms with Crippen LogP contribution in [0.15, 0.2) is 18.2 Å². The standard InChI is InChI=1S/C12H17F2N/c1-8(15)7-12(2,3)9-5-4-6-10(13)11(9)14/h4-6,8H,7,15H2,1-3H3. The van der Waals surface area contributed by atoms with Gasteiger partial charge in [-0.1, -0.05) is 26.0 Å². The number of rotatable bonds is 3. The van der Waals surface area contributed by atoms with Crippen molar-refractivity contribution in [1.29, 1.82) is 0 Å². The van der Waals surface area contributed by atoms with Crippen molar-refractivity contribution in [2.45, 2.75) is 38.6 Å². The third-order valence-electron chi connectivity index (χ3n) is 2.51. The van der Waals surface area contributed by atoms with Crippen LogP contribution in [-0.4, -0.2) is 6.04 Å². The van der Waals surface area contributed by atoms with Crippen molar-refractivity contribution in [2.75, 3.05) is 0 Å². The van der Waals surface area contributed by atoms with Gasteiger partial charge < -0.3 is 5.73 Å². The van der Waals surface area contributed by atoms with Crippen molar-refractivity contribution < 1.29 is 8.78 Å². The van der Waals surface area contributed by atoms with E-state index in [1.165, 1.54) is 6.07 Å². The molecule has 0 spiro atoms. The van der Waals surface area contributed by atoms with Gasteiger partial charge in [-0.25, -0.2) is 8.78 Å². The molecule has 1 unspecified atom stereocenters. The normalized spacial score (nSPS) is 14.0. The van der Waals surface area contributed by atoms with E-state index >= 15 is 0 Å². The van der Waals surface area contributed by atoms with Crippen molar-refractivity contribution in [3.05, 3.63) is 35.4 Å². The fraction of sp³-hybridized carbons (Fsp3) is 0.500. The summed E-state index contributed by atoms with van der Waals surface area (Å²) >= 11 is 0. The van der Waals surface area contributed by atoms with Gasteiger partial charge in [0, 0.05) is 6.04 Å². The Kier molecular flexibility index (Phi) is 3.45. The zero-order chi connectivity index (χ0) is 11.6. The Morgan fingerprint density at radius 2 is 1.93 bits per heavy atom. The lowest BCUT2D eigenvalue weighted by Crippen LogP contribution is -2.29. The second-order valence-electron chi connectivity index (χ2n) is 4.67.